The first-order chi connectivity index (χ1) is 9.49. The van der Waals surface area contributed by atoms with Crippen LogP contribution in [0.2, 0.25) is 0 Å². The minimum Gasteiger partial charge on any atom is -0.361 e. The molecule has 1 N–H and O–H groups in total. The predicted molar refractivity (Wildman–Crippen MR) is 75.5 cm³/mol. The van der Waals surface area contributed by atoms with E-state index in [1.807, 2.05) is 27.7 Å². The van der Waals surface area contributed by atoms with Crippen molar-refractivity contribution in [3.05, 3.63) is 29.3 Å². The molecule has 0 unspecified atom stereocenters. The first kappa shape index (κ1) is 14.3. The molecule has 0 aliphatic carbocycles. The van der Waals surface area contributed by atoms with Gasteiger partial charge in [0.15, 0.2) is 0 Å². The van der Waals surface area contributed by atoms with E-state index in [1.165, 1.54) is 0 Å². The second kappa shape index (κ2) is 5.90. The van der Waals surface area contributed by atoms with Gasteiger partial charge in [0.1, 0.15) is 11.6 Å². The number of carbonyl (C=O) groups excluding carboxylic acids is 1. The smallest absolute Gasteiger partial charge is 0.225 e. The van der Waals surface area contributed by atoms with E-state index in [1.54, 1.807) is 16.9 Å². The van der Waals surface area contributed by atoms with Crippen LogP contribution in [0.4, 0.5) is 5.82 Å². The van der Waals surface area contributed by atoms with E-state index in [4.69, 9.17) is 4.52 Å². The fraction of sp³-hybridized carbons (Fsp3) is 0.500. The lowest BCUT2D eigenvalue weighted by molar-refractivity contribution is -0.116. The van der Waals surface area contributed by atoms with Crippen molar-refractivity contribution in [1.82, 2.24) is 14.9 Å². The maximum Gasteiger partial charge on any atom is 0.225 e. The van der Waals surface area contributed by atoms with Crippen molar-refractivity contribution in [2.75, 3.05) is 5.32 Å². The quantitative estimate of drug-likeness (QED) is 0.911. The Morgan fingerprint density at radius 3 is 2.80 bits per heavy atom. The highest BCUT2D eigenvalue weighted by molar-refractivity contribution is 5.90. The normalized spacial score (nSPS) is 11.1. The molecule has 0 aliphatic rings. The van der Waals surface area contributed by atoms with Gasteiger partial charge in [0.25, 0.3) is 0 Å². The van der Waals surface area contributed by atoms with Crippen molar-refractivity contribution >= 4 is 11.7 Å². The van der Waals surface area contributed by atoms with Gasteiger partial charge in [0, 0.05) is 24.1 Å². The molecule has 0 saturated carbocycles. The third kappa shape index (κ3) is 3.07. The Morgan fingerprint density at radius 2 is 2.20 bits per heavy atom. The van der Waals surface area contributed by atoms with Gasteiger partial charge in [-0.2, -0.15) is 5.10 Å². The zero-order valence-electron chi connectivity index (χ0n) is 12.3. The molecule has 0 spiro atoms. The number of rotatable bonds is 5. The average molecular weight is 276 g/mol. The predicted octanol–water partition coefficient (Wildman–Crippen LogP) is 2.64. The zero-order valence-corrected chi connectivity index (χ0v) is 12.3. The summed E-state index contributed by atoms with van der Waals surface area (Å²) in [6, 6.07) is 2.01. The Labute approximate surface area is 118 Å². The highest BCUT2D eigenvalue weighted by Crippen LogP contribution is 2.16. The van der Waals surface area contributed by atoms with E-state index in [0.717, 1.165) is 22.8 Å². The van der Waals surface area contributed by atoms with Crippen LogP contribution in [0.5, 0.6) is 0 Å². The Morgan fingerprint density at radius 1 is 1.45 bits per heavy atom. The lowest BCUT2D eigenvalue weighted by atomic mass is 10.1. The van der Waals surface area contributed by atoms with E-state index < -0.39 is 0 Å². The van der Waals surface area contributed by atoms with Crippen LogP contribution in [-0.4, -0.2) is 20.8 Å². The number of aryl methyl sites for hydroxylation is 2. The number of carbonyl (C=O) groups is 1. The van der Waals surface area contributed by atoms with Crippen LogP contribution in [0, 0.1) is 13.8 Å². The number of amides is 1. The van der Waals surface area contributed by atoms with Gasteiger partial charge < -0.3 is 9.84 Å². The second-order valence-corrected chi connectivity index (χ2v) is 5.11. The molecule has 0 aliphatic heterocycles. The Balaban J connectivity index is 1.95. The second-order valence-electron chi connectivity index (χ2n) is 5.11. The van der Waals surface area contributed by atoms with E-state index in [-0.39, 0.29) is 11.9 Å². The van der Waals surface area contributed by atoms with E-state index in [9.17, 15) is 4.79 Å². The van der Waals surface area contributed by atoms with Crippen LogP contribution in [-0.2, 0) is 11.2 Å². The molecule has 1 amide bonds. The highest BCUT2D eigenvalue weighted by atomic mass is 16.5. The van der Waals surface area contributed by atoms with Gasteiger partial charge in [-0.1, -0.05) is 5.16 Å². The van der Waals surface area contributed by atoms with Crippen molar-refractivity contribution < 1.29 is 9.32 Å². The van der Waals surface area contributed by atoms with Crippen LogP contribution in [0.1, 0.15) is 43.3 Å². The molecule has 0 bridgehead atoms. The molecule has 0 aromatic carbocycles. The molecule has 6 heteroatoms. The summed E-state index contributed by atoms with van der Waals surface area (Å²) in [6.45, 7) is 7.79. The van der Waals surface area contributed by atoms with E-state index in [2.05, 4.69) is 15.6 Å². The minimum atomic E-state index is -0.0348. The van der Waals surface area contributed by atoms with Gasteiger partial charge in [0.05, 0.1) is 11.9 Å². The average Bonchev–Trinajstić information content (AvgIpc) is 2.95. The molecule has 108 valence electrons. The molecule has 2 aromatic rings. The van der Waals surface area contributed by atoms with Crippen LogP contribution in [0.15, 0.2) is 16.8 Å². The number of hydrogen-bond acceptors (Lipinski definition) is 4. The van der Waals surface area contributed by atoms with Gasteiger partial charge in [-0.05, 0) is 34.1 Å². The molecular weight excluding hydrogens is 256 g/mol. The van der Waals surface area contributed by atoms with Gasteiger partial charge in [0.2, 0.25) is 5.91 Å². The fourth-order valence-corrected chi connectivity index (χ4v) is 2.13. The molecule has 20 heavy (non-hydrogen) atoms. The van der Waals surface area contributed by atoms with Crippen LogP contribution >= 0.6 is 0 Å². The van der Waals surface area contributed by atoms with Gasteiger partial charge in [-0.3, -0.25) is 4.79 Å². The lowest BCUT2D eigenvalue weighted by Crippen LogP contribution is -2.17. The summed E-state index contributed by atoms with van der Waals surface area (Å²) in [5.74, 6) is 1.47. The van der Waals surface area contributed by atoms with Crippen molar-refractivity contribution in [2.45, 2.75) is 46.6 Å². The fourth-order valence-electron chi connectivity index (χ4n) is 2.13. The SMILES string of the molecule is Cc1noc(C)c1CCC(=O)Nc1ccnn1C(C)C. The maximum absolute atomic E-state index is 12.0. The molecule has 0 atom stereocenters. The van der Waals surface area contributed by atoms with Gasteiger partial charge >= 0.3 is 0 Å². The van der Waals surface area contributed by atoms with Gasteiger partial charge in [-0.15, -0.1) is 0 Å². The summed E-state index contributed by atoms with van der Waals surface area (Å²) in [5, 5.41) is 11.0. The van der Waals surface area contributed by atoms with Crippen molar-refractivity contribution in [2.24, 2.45) is 0 Å². The maximum atomic E-state index is 12.0. The van der Waals surface area contributed by atoms with Crippen LogP contribution in [0.25, 0.3) is 0 Å². The number of hydrogen-bond donors (Lipinski definition) is 1. The van der Waals surface area contributed by atoms with Crippen LogP contribution < -0.4 is 5.32 Å². The third-order valence-electron chi connectivity index (χ3n) is 3.21. The molecule has 2 heterocycles. The van der Waals surface area contributed by atoms with E-state index >= 15 is 0 Å². The summed E-state index contributed by atoms with van der Waals surface area (Å²) in [4.78, 5) is 12.0. The molecule has 0 radical (unpaired) electrons. The monoisotopic (exact) mass is 276 g/mol. The topological polar surface area (TPSA) is 73.0 Å². The Hall–Kier alpha value is -2.11. The number of aromatic nitrogens is 3. The standard InChI is InChI=1S/C14H20N4O2/c1-9(2)18-13(7-8-15-18)16-14(19)6-5-12-10(3)17-20-11(12)4/h7-9H,5-6H2,1-4H3,(H,16,19). The van der Waals surface area contributed by atoms with Crippen LogP contribution in [0.3, 0.4) is 0 Å². The van der Waals surface area contributed by atoms with Crippen molar-refractivity contribution in [1.29, 1.82) is 0 Å². The first-order valence-electron chi connectivity index (χ1n) is 6.74. The Kier molecular flexibility index (Phi) is 4.22. The molecule has 2 rings (SSSR count). The summed E-state index contributed by atoms with van der Waals surface area (Å²) in [6.07, 6.45) is 2.71. The third-order valence-corrected chi connectivity index (χ3v) is 3.21. The molecule has 0 fully saturated rings. The lowest BCUT2D eigenvalue weighted by Gasteiger charge is -2.11. The van der Waals surface area contributed by atoms with Gasteiger partial charge in [-0.25, -0.2) is 4.68 Å². The number of anilines is 1. The van der Waals surface area contributed by atoms with Crippen molar-refractivity contribution in [3.63, 3.8) is 0 Å². The minimum absolute atomic E-state index is 0.0348. The summed E-state index contributed by atoms with van der Waals surface area (Å²) in [5.41, 5.74) is 1.86. The molecular formula is C14H20N4O2. The largest absolute Gasteiger partial charge is 0.361 e. The number of nitrogens with zero attached hydrogens (tertiary/aromatic N) is 3. The van der Waals surface area contributed by atoms with Crippen molar-refractivity contribution in [3.8, 4) is 0 Å². The summed E-state index contributed by atoms with van der Waals surface area (Å²) >= 11 is 0. The molecule has 2 aromatic heterocycles. The highest BCUT2D eigenvalue weighted by Gasteiger charge is 2.13. The summed E-state index contributed by atoms with van der Waals surface area (Å²) < 4.78 is 6.87. The summed E-state index contributed by atoms with van der Waals surface area (Å²) in [7, 11) is 0. The first-order valence-corrected chi connectivity index (χ1v) is 6.74. The molecule has 0 saturated heterocycles. The Bertz CT molecular complexity index is 579. The molecule has 6 nitrogen and oxygen atoms in total. The number of nitrogens with one attached hydrogen (secondary N) is 1. The van der Waals surface area contributed by atoms with E-state index in [0.29, 0.717) is 12.8 Å². The zero-order chi connectivity index (χ0) is 14.7.